The first kappa shape index (κ1) is 19.3. The number of methoxy groups -OCH3 is 1. The number of benzene rings is 1. The highest BCUT2D eigenvalue weighted by molar-refractivity contribution is 6.03. The molecule has 8 nitrogen and oxygen atoms in total. The fourth-order valence-electron chi connectivity index (χ4n) is 2.39. The number of rotatable bonds is 5. The number of nitrogens with zero attached hydrogens (tertiary/aromatic N) is 2. The quantitative estimate of drug-likeness (QED) is 0.604. The molecule has 0 atom stereocenters. The number of nitrogens with two attached hydrogens (primary N) is 1. The van der Waals surface area contributed by atoms with Crippen molar-refractivity contribution in [3.05, 3.63) is 59.4 Å². The molecule has 28 heavy (non-hydrogen) atoms. The molecule has 1 aliphatic heterocycles. The minimum atomic E-state index is -0.611. The third-order valence-corrected chi connectivity index (χ3v) is 3.89. The van der Waals surface area contributed by atoms with E-state index >= 15 is 0 Å². The van der Waals surface area contributed by atoms with E-state index in [4.69, 9.17) is 19.9 Å². The molecule has 1 aromatic heterocycles. The van der Waals surface area contributed by atoms with Gasteiger partial charge in [-0.15, -0.1) is 0 Å². The number of pyridine rings is 1. The highest BCUT2D eigenvalue weighted by atomic mass is 19.1. The van der Waals surface area contributed by atoms with Gasteiger partial charge in [-0.2, -0.15) is 4.99 Å². The van der Waals surface area contributed by atoms with Crippen LogP contribution in [0.5, 0.6) is 5.75 Å². The zero-order chi connectivity index (χ0) is 20.1. The first-order valence-corrected chi connectivity index (χ1v) is 8.35. The van der Waals surface area contributed by atoms with E-state index < -0.39 is 11.7 Å². The number of ether oxygens (including phenoxy) is 3. The summed E-state index contributed by atoms with van der Waals surface area (Å²) in [6.45, 7) is 2.59. The van der Waals surface area contributed by atoms with Gasteiger partial charge in [0.25, 0.3) is 11.9 Å². The van der Waals surface area contributed by atoms with E-state index in [0.717, 1.165) is 5.57 Å². The van der Waals surface area contributed by atoms with Crippen molar-refractivity contribution in [1.82, 2.24) is 4.98 Å². The molecule has 0 saturated carbocycles. The zero-order valence-corrected chi connectivity index (χ0v) is 15.4. The Bertz CT molecular complexity index is 941. The van der Waals surface area contributed by atoms with Crippen LogP contribution in [0.2, 0.25) is 0 Å². The Balaban J connectivity index is 1.74. The van der Waals surface area contributed by atoms with Crippen molar-refractivity contribution in [1.29, 1.82) is 0 Å². The van der Waals surface area contributed by atoms with Crippen LogP contribution in [0.3, 0.4) is 0 Å². The van der Waals surface area contributed by atoms with Crippen molar-refractivity contribution in [3.63, 3.8) is 0 Å². The maximum atomic E-state index is 14.1. The van der Waals surface area contributed by atoms with Crippen LogP contribution in [-0.4, -0.2) is 37.2 Å². The molecule has 1 aliphatic rings. The van der Waals surface area contributed by atoms with Gasteiger partial charge in [0.05, 0.1) is 19.9 Å². The van der Waals surface area contributed by atoms with Crippen LogP contribution in [0.1, 0.15) is 17.4 Å². The van der Waals surface area contributed by atoms with Crippen molar-refractivity contribution in [2.75, 3.05) is 25.6 Å². The molecule has 0 radical (unpaired) electrons. The maximum absolute atomic E-state index is 14.1. The van der Waals surface area contributed by atoms with Gasteiger partial charge in [-0.25, -0.2) is 9.37 Å². The average Bonchev–Trinajstić information content (AvgIpc) is 3.09. The van der Waals surface area contributed by atoms with E-state index in [1.165, 1.54) is 37.6 Å². The van der Waals surface area contributed by atoms with Crippen LogP contribution in [0.4, 0.5) is 15.8 Å². The number of amides is 1. The lowest BCUT2D eigenvalue weighted by Gasteiger charge is -2.08. The van der Waals surface area contributed by atoms with Crippen LogP contribution in [-0.2, 0) is 9.47 Å². The van der Waals surface area contributed by atoms with Crippen molar-refractivity contribution in [3.8, 4) is 5.75 Å². The molecular weight excluding hydrogens is 367 g/mol. The number of hydrogen-bond acceptors (Lipinski definition) is 6. The number of halogens is 1. The smallest absolute Gasteiger partial charge is 0.292 e. The summed E-state index contributed by atoms with van der Waals surface area (Å²) >= 11 is 0. The Hall–Kier alpha value is -3.46. The fourth-order valence-corrected chi connectivity index (χ4v) is 2.39. The van der Waals surface area contributed by atoms with E-state index in [-0.39, 0.29) is 24.0 Å². The second-order valence-electron chi connectivity index (χ2n) is 5.95. The lowest BCUT2D eigenvalue weighted by Crippen LogP contribution is -2.17. The highest BCUT2D eigenvalue weighted by Crippen LogP contribution is 2.24. The normalized spacial score (nSPS) is 14.2. The second kappa shape index (κ2) is 8.49. The Morgan fingerprint density at radius 3 is 2.79 bits per heavy atom. The van der Waals surface area contributed by atoms with Crippen molar-refractivity contribution in [2.24, 2.45) is 10.7 Å². The number of hydrogen-bond donors (Lipinski definition) is 2. The number of amidine groups is 1. The zero-order valence-electron chi connectivity index (χ0n) is 15.4. The van der Waals surface area contributed by atoms with Crippen LogP contribution in [0, 0.1) is 5.82 Å². The standard InChI is InChI=1S/C19H19FN4O4/c1-11-9-27-10-17(11)28-19(21)24-16-7-12(3-5-14(16)20)23-18(25)15-6-4-13(26-2)8-22-15/h3-8H,9-10H2,1-2H3,(H2,21,24)(H,23,25). The summed E-state index contributed by atoms with van der Waals surface area (Å²) in [4.78, 5) is 20.2. The van der Waals surface area contributed by atoms with E-state index in [9.17, 15) is 9.18 Å². The Morgan fingerprint density at radius 2 is 2.14 bits per heavy atom. The molecule has 3 N–H and O–H groups in total. The third-order valence-electron chi connectivity index (χ3n) is 3.89. The fraction of sp³-hybridized carbons (Fsp3) is 0.211. The van der Waals surface area contributed by atoms with Gasteiger partial charge in [0.2, 0.25) is 0 Å². The van der Waals surface area contributed by atoms with E-state index in [2.05, 4.69) is 15.3 Å². The molecule has 0 spiro atoms. The molecule has 0 bridgehead atoms. The first-order valence-electron chi connectivity index (χ1n) is 8.35. The van der Waals surface area contributed by atoms with Gasteiger partial charge in [-0.1, -0.05) is 0 Å². The average molecular weight is 386 g/mol. The molecule has 146 valence electrons. The molecule has 0 saturated heterocycles. The van der Waals surface area contributed by atoms with E-state index in [1.807, 2.05) is 6.92 Å². The van der Waals surface area contributed by atoms with Crippen LogP contribution >= 0.6 is 0 Å². The van der Waals surface area contributed by atoms with Gasteiger partial charge >= 0.3 is 0 Å². The Labute approximate surface area is 160 Å². The molecule has 0 unspecified atom stereocenters. The van der Waals surface area contributed by atoms with Gasteiger partial charge in [-0.05, 0) is 42.8 Å². The van der Waals surface area contributed by atoms with Crippen LogP contribution in [0.15, 0.2) is 52.9 Å². The highest BCUT2D eigenvalue weighted by Gasteiger charge is 2.15. The maximum Gasteiger partial charge on any atom is 0.292 e. The summed E-state index contributed by atoms with van der Waals surface area (Å²) in [5.41, 5.74) is 7.08. The molecular formula is C19H19FN4O4. The first-order chi connectivity index (χ1) is 13.5. The number of aliphatic imine (C=N–C) groups is 1. The molecule has 0 fully saturated rings. The summed E-state index contributed by atoms with van der Waals surface area (Å²) in [7, 11) is 1.50. The number of nitrogens with one attached hydrogen (secondary N) is 1. The number of carbonyl (C=O) groups excluding carboxylic acids is 1. The third kappa shape index (κ3) is 4.63. The minimum absolute atomic E-state index is 0.0739. The van der Waals surface area contributed by atoms with Gasteiger partial charge in [0.15, 0.2) is 0 Å². The predicted octanol–water partition coefficient (Wildman–Crippen LogP) is 2.75. The second-order valence-corrected chi connectivity index (χ2v) is 5.95. The van der Waals surface area contributed by atoms with E-state index in [1.54, 1.807) is 6.07 Å². The molecule has 2 heterocycles. The van der Waals surface area contributed by atoms with Gasteiger partial charge in [0.1, 0.15) is 35.3 Å². The van der Waals surface area contributed by atoms with E-state index in [0.29, 0.717) is 23.8 Å². The summed E-state index contributed by atoms with van der Waals surface area (Å²) in [6.07, 6.45) is 1.43. The summed E-state index contributed by atoms with van der Waals surface area (Å²) in [5, 5.41) is 2.63. The Morgan fingerprint density at radius 1 is 1.32 bits per heavy atom. The van der Waals surface area contributed by atoms with Crippen molar-refractivity contribution < 1.29 is 23.4 Å². The van der Waals surface area contributed by atoms with Gasteiger partial charge in [-0.3, -0.25) is 4.79 Å². The number of carbonyl (C=O) groups is 1. The monoisotopic (exact) mass is 386 g/mol. The summed E-state index contributed by atoms with van der Waals surface area (Å²) in [5.74, 6) is 0.0120. The lowest BCUT2D eigenvalue weighted by molar-refractivity contribution is 0.102. The SMILES string of the molecule is COc1ccc(C(=O)Nc2ccc(F)c(/N=C(/N)OC3=C(C)COC3)c2)nc1. The van der Waals surface area contributed by atoms with Crippen LogP contribution in [0.25, 0.3) is 0 Å². The Kier molecular flexibility index (Phi) is 5.85. The molecule has 3 rings (SSSR count). The lowest BCUT2D eigenvalue weighted by atomic mass is 10.2. The van der Waals surface area contributed by atoms with Crippen molar-refractivity contribution >= 4 is 23.3 Å². The molecule has 9 heteroatoms. The molecule has 1 aromatic carbocycles. The number of aromatic nitrogens is 1. The van der Waals surface area contributed by atoms with Gasteiger partial charge < -0.3 is 25.3 Å². The van der Waals surface area contributed by atoms with Gasteiger partial charge in [0, 0.05) is 5.69 Å². The van der Waals surface area contributed by atoms with Crippen LogP contribution < -0.4 is 15.8 Å². The largest absolute Gasteiger partial charge is 0.495 e. The number of anilines is 1. The topological polar surface area (TPSA) is 108 Å². The van der Waals surface area contributed by atoms with Crippen molar-refractivity contribution in [2.45, 2.75) is 6.92 Å². The molecule has 1 amide bonds. The molecule has 0 aliphatic carbocycles. The summed E-state index contributed by atoms with van der Waals surface area (Å²) in [6, 6.07) is 6.83. The summed E-state index contributed by atoms with van der Waals surface area (Å²) < 4.78 is 29.7. The minimum Gasteiger partial charge on any atom is -0.495 e. The predicted molar refractivity (Wildman–Crippen MR) is 101 cm³/mol. The molecule has 2 aromatic rings.